The van der Waals surface area contributed by atoms with Gasteiger partial charge in [-0.05, 0) is 49.5 Å². The predicted molar refractivity (Wildman–Crippen MR) is 106 cm³/mol. The molecule has 1 aliphatic rings. The average Bonchev–Trinajstić information content (AvgIpc) is 3.23. The first-order valence-corrected chi connectivity index (χ1v) is 9.84. The molecule has 0 unspecified atom stereocenters. The zero-order chi connectivity index (χ0) is 18.4. The Bertz CT molecular complexity index is 1250. The van der Waals surface area contributed by atoms with E-state index in [0.29, 0.717) is 21.9 Å². The van der Waals surface area contributed by atoms with Gasteiger partial charge in [0.15, 0.2) is 0 Å². The number of hydrogen-bond donors (Lipinski definition) is 2. The topological polar surface area (TPSA) is 92.7 Å². The molecule has 5 heterocycles. The van der Waals surface area contributed by atoms with Gasteiger partial charge in [0.25, 0.3) is 5.56 Å². The van der Waals surface area contributed by atoms with Gasteiger partial charge in [0, 0.05) is 23.2 Å². The number of hydrogen-bond acceptors (Lipinski definition) is 6. The van der Waals surface area contributed by atoms with Gasteiger partial charge in [-0.2, -0.15) is 11.3 Å². The summed E-state index contributed by atoms with van der Waals surface area (Å²) in [6.07, 6.45) is 3.20. The van der Waals surface area contributed by atoms with Gasteiger partial charge in [-0.1, -0.05) is 0 Å². The fourth-order valence-corrected chi connectivity index (χ4v) is 4.42. The monoisotopic (exact) mass is 379 g/mol. The molecule has 4 aromatic heterocycles. The molecule has 1 aliphatic heterocycles. The summed E-state index contributed by atoms with van der Waals surface area (Å²) < 4.78 is 1.71. The molecule has 27 heavy (non-hydrogen) atoms. The average molecular weight is 379 g/mol. The Hall–Kier alpha value is -2.84. The lowest BCUT2D eigenvalue weighted by Gasteiger charge is -2.26. The fraction of sp³-hybridized carbons (Fsp3) is 0.263. The van der Waals surface area contributed by atoms with Crippen molar-refractivity contribution in [3.05, 3.63) is 56.0 Å². The quantitative estimate of drug-likeness (QED) is 0.521. The van der Waals surface area contributed by atoms with Crippen LogP contribution in [0.15, 0.2) is 44.7 Å². The maximum atomic E-state index is 12.8. The summed E-state index contributed by atoms with van der Waals surface area (Å²) >= 11 is 1.60. The number of aromatic nitrogens is 4. The van der Waals surface area contributed by atoms with Crippen molar-refractivity contribution in [3.8, 4) is 11.3 Å². The van der Waals surface area contributed by atoms with Crippen molar-refractivity contribution in [2.45, 2.75) is 18.9 Å². The van der Waals surface area contributed by atoms with E-state index < -0.39 is 5.56 Å². The van der Waals surface area contributed by atoms with Crippen LogP contribution in [-0.2, 0) is 0 Å². The third kappa shape index (κ3) is 2.68. The lowest BCUT2D eigenvalue weighted by atomic mass is 10.1. The number of fused-ring (bicyclic) bond motifs is 3. The van der Waals surface area contributed by atoms with Gasteiger partial charge in [-0.3, -0.25) is 19.3 Å². The van der Waals surface area contributed by atoms with Gasteiger partial charge in [-0.15, -0.1) is 0 Å². The van der Waals surface area contributed by atoms with Crippen LogP contribution in [0.5, 0.6) is 0 Å². The van der Waals surface area contributed by atoms with E-state index in [1.807, 2.05) is 29.0 Å². The molecule has 4 aromatic rings. The molecule has 0 saturated carbocycles. The second kappa shape index (κ2) is 6.40. The van der Waals surface area contributed by atoms with E-state index in [2.05, 4.69) is 15.3 Å². The van der Waals surface area contributed by atoms with E-state index in [-0.39, 0.29) is 11.7 Å². The lowest BCUT2D eigenvalue weighted by Crippen LogP contribution is -2.38. The zero-order valence-corrected chi connectivity index (χ0v) is 15.3. The van der Waals surface area contributed by atoms with E-state index in [9.17, 15) is 9.59 Å². The van der Waals surface area contributed by atoms with Crippen LogP contribution in [-0.4, -0.2) is 32.6 Å². The summed E-state index contributed by atoms with van der Waals surface area (Å²) in [6, 6.07) is 5.84. The van der Waals surface area contributed by atoms with Crippen LogP contribution in [0.3, 0.4) is 0 Å². The van der Waals surface area contributed by atoms with Gasteiger partial charge in [0.2, 0.25) is 0 Å². The summed E-state index contributed by atoms with van der Waals surface area (Å²) in [5, 5.41) is 7.74. The van der Waals surface area contributed by atoms with Gasteiger partial charge in [0.05, 0.1) is 22.1 Å². The number of rotatable bonds is 2. The predicted octanol–water partition coefficient (Wildman–Crippen LogP) is 2.29. The maximum absolute atomic E-state index is 12.8. The molecular weight excluding hydrogens is 362 g/mol. The Morgan fingerprint density at radius 3 is 2.78 bits per heavy atom. The molecule has 0 aliphatic carbocycles. The molecule has 136 valence electrons. The summed E-state index contributed by atoms with van der Waals surface area (Å²) in [5.74, 6) is 0. The number of H-pyrrole nitrogens is 1. The Morgan fingerprint density at radius 1 is 1.15 bits per heavy atom. The standard InChI is InChI=1S/C19H17N5O2S/c25-18-13-9-21-15-2-1-14(11-5-8-27-10-11)22-16(15)17(13)24(19(26)23-18)12-3-6-20-7-4-12/h1-2,5,8-10,12,20H,3-4,6-7H2,(H,23,25,26). The molecule has 1 fully saturated rings. The van der Waals surface area contributed by atoms with Crippen molar-refractivity contribution >= 4 is 33.3 Å². The van der Waals surface area contributed by atoms with Crippen LogP contribution in [0, 0.1) is 0 Å². The van der Waals surface area contributed by atoms with E-state index in [1.165, 1.54) is 0 Å². The minimum atomic E-state index is -0.419. The van der Waals surface area contributed by atoms with E-state index in [4.69, 9.17) is 4.98 Å². The number of aromatic amines is 1. The normalized spacial score (nSPS) is 15.6. The first-order chi connectivity index (χ1) is 13.2. The fourth-order valence-electron chi connectivity index (χ4n) is 3.77. The van der Waals surface area contributed by atoms with E-state index >= 15 is 0 Å². The molecule has 2 N–H and O–H groups in total. The van der Waals surface area contributed by atoms with Crippen molar-refractivity contribution in [3.63, 3.8) is 0 Å². The highest BCUT2D eigenvalue weighted by molar-refractivity contribution is 7.08. The van der Waals surface area contributed by atoms with Crippen molar-refractivity contribution in [1.29, 1.82) is 0 Å². The SMILES string of the molecule is O=c1[nH]c(=O)n(C2CCNCC2)c2c1cnc1ccc(-c3ccsc3)nc12. The number of nitrogens with one attached hydrogen (secondary N) is 2. The van der Waals surface area contributed by atoms with Crippen molar-refractivity contribution in [2.24, 2.45) is 0 Å². The van der Waals surface area contributed by atoms with Crippen molar-refractivity contribution < 1.29 is 0 Å². The van der Waals surface area contributed by atoms with Crippen LogP contribution in [0.25, 0.3) is 33.2 Å². The minimum Gasteiger partial charge on any atom is -0.317 e. The molecule has 0 spiro atoms. The van der Waals surface area contributed by atoms with Gasteiger partial charge >= 0.3 is 5.69 Å². The Labute approximate surface area is 157 Å². The summed E-state index contributed by atoms with van der Waals surface area (Å²) in [7, 11) is 0. The zero-order valence-electron chi connectivity index (χ0n) is 14.4. The maximum Gasteiger partial charge on any atom is 0.329 e. The number of thiophene rings is 1. The second-order valence-corrected chi connectivity index (χ2v) is 7.49. The summed E-state index contributed by atoms with van der Waals surface area (Å²) in [5.41, 5.74) is 2.87. The van der Waals surface area contributed by atoms with Gasteiger partial charge in [0.1, 0.15) is 5.52 Å². The Morgan fingerprint density at radius 2 is 2.00 bits per heavy atom. The number of nitrogens with zero attached hydrogens (tertiary/aromatic N) is 3. The minimum absolute atomic E-state index is 0.0234. The molecular formula is C19H17N5O2S. The molecule has 0 amide bonds. The molecule has 7 nitrogen and oxygen atoms in total. The van der Waals surface area contributed by atoms with Gasteiger partial charge < -0.3 is 5.32 Å². The first kappa shape index (κ1) is 16.3. The van der Waals surface area contributed by atoms with Crippen LogP contribution in [0.1, 0.15) is 18.9 Å². The molecule has 8 heteroatoms. The molecule has 0 aromatic carbocycles. The summed E-state index contributed by atoms with van der Waals surface area (Å²) in [4.78, 5) is 36.8. The Balaban J connectivity index is 1.88. The largest absolute Gasteiger partial charge is 0.329 e. The Kier molecular flexibility index (Phi) is 3.87. The molecule has 0 bridgehead atoms. The molecule has 1 saturated heterocycles. The molecule has 5 rings (SSSR count). The van der Waals surface area contributed by atoms with E-state index in [1.54, 1.807) is 22.1 Å². The second-order valence-electron chi connectivity index (χ2n) is 6.71. The van der Waals surface area contributed by atoms with Crippen LogP contribution in [0.4, 0.5) is 0 Å². The van der Waals surface area contributed by atoms with Crippen LogP contribution in [0.2, 0.25) is 0 Å². The lowest BCUT2D eigenvalue weighted by molar-refractivity contribution is 0.365. The van der Waals surface area contributed by atoms with Crippen LogP contribution < -0.4 is 16.6 Å². The van der Waals surface area contributed by atoms with Gasteiger partial charge in [-0.25, -0.2) is 9.78 Å². The van der Waals surface area contributed by atoms with E-state index in [0.717, 1.165) is 37.2 Å². The highest BCUT2D eigenvalue weighted by atomic mass is 32.1. The highest BCUT2D eigenvalue weighted by Crippen LogP contribution is 2.28. The number of piperidine rings is 1. The molecule has 0 atom stereocenters. The van der Waals surface area contributed by atoms with Crippen molar-refractivity contribution in [2.75, 3.05) is 13.1 Å². The third-order valence-corrected chi connectivity index (χ3v) is 5.78. The smallest absolute Gasteiger partial charge is 0.317 e. The van der Waals surface area contributed by atoms with Crippen LogP contribution >= 0.6 is 11.3 Å². The first-order valence-electron chi connectivity index (χ1n) is 8.90. The number of pyridine rings is 2. The third-order valence-electron chi connectivity index (χ3n) is 5.10. The summed E-state index contributed by atoms with van der Waals surface area (Å²) in [6.45, 7) is 1.68. The van der Waals surface area contributed by atoms with Crippen molar-refractivity contribution in [1.82, 2.24) is 24.8 Å². The highest BCUT2D eigenvalue weighted by Gasteiger charge is 2.22. The molecule has 0 radical (unpaired) electrons.